The molecule has 0 aliphatic carbocycles. The number of hydrogen-bond acceptors (Lipinski definition) is 5. The van der Waals surface area contributed by atoms with Crippen LogP contribution in [-0.4, -0.2) is 64.3 Å². The molecule has 30 heavy (non-hydrogen) atoms. The predicted octanol–water partition coefficient (Wildman–Crippen LogP) is 3.59. The number of pyridine rings is 1. The maximum Gasteiger partial charge on any atom is 0.233 e. The molecule has 1 aromatic heterocycles. The third-order valence-corrected chi connectivity index (χ3v) is 6.70. The minimum absolute atomic E-state index is 0.0461. The minimum Gasteiger partial charge on any atom is -0.392 e. The Hall–Kier alpha value is -2.41. The highest BCUT2D eigenvalue weighted by molar-refractivity contribution is 8.00. The molecule has 2 aromatic carbocycles. The number of thioether (sulfide) groups is 1. The highest BCUT2D eigenvalue weighted by Crippen LogP contribution is 2.28. The van der Waals surface area contributed by atoms with Gasteiger partial charge in [0.25, 0.3) is 0 Å². The number of rotatable bonds is 7. The third kappa shape index (κ3) is 4.83. The van der Waals surface area contributed by atoms with Crippen LogP contribution in [0.5, 0.6) is 0 Å². The molecule has 2 heterocycles. The van der Waals surface area contributed by atoms with E-state index in [1.54, 1.807) is 6.20 Å². The van der Waals surface area contributed by atoms with Crippen LogP contribution in [0.2, 0.25) is 0 Å². The predicted molar refractivity (Wildman–Crippen MR) is 121 cm³/mol. The number of amides is 1. The molecular weight excluding hydrogens is 394 g/mol. The van der Waals surface area contributed by atoms with Gasteiger partial charge in [0.15, 0.2) is 0 Å². The van der Waals surface area contributed by atoms with Gasteiger partial charge in [0, 0.05) is 43.2 Å². The number of carbonyl (C=O) groups is 1. The zero-order chi connectivity index (χ0) is 20.9. The van der Waals surface area contributed by atoms with Gasteiger partial charge in [-0.3, -0.25) is 14.7 Å². The number of β-amino-alcohol motifs (C(OH)–C–C–N with tert-alkyl or cyclic N) is 1. The maximum absolute atomic E-state index is 13.1. The quantitative estimate of drug-likeness (QED) is 0.591. The summed E-state index contributed by atoms with van der Waals surface area (Å²) < 4.78 is 0. The molecule has 1 N–H and O–H groups in total. The second-order valence-corrected chi connectivity index (χ2v) is 8.77. The molecule has 0 saturated carbocycles. The number of aromatic nitrogens is 1. The summed E-state index contributed by atoms with van der Waals surface area (Å²) in [4.78, 5) is 22.7. The summed E-state index contributed by atoms with van der Waals surface area (Å²) >= 11 is 1.53. The van der Waals surface area contributed by atoms with Gasteiger partial charge in [-0.25, -0.2) is 0 Å². The molecule has 156 valence electrons. The van der Waals surface area contributed by atoms with Gasteiger partial charge in [0.05, 0.1) is 23.4 Å². The van der Waals surface area contributed by atoms with Crippen LogP contribution in [0.15, 0.2) is 71.8 Å². The molecule has 1 saturated heterocycles. The van der Waals surface area contributed by atoms with E-state index in [0.717, 1.165) is 40.9 Å². The molecule has 1 aliphatic rings. The fourth-order valence-corrected chi connectivity index (χ4v) is 4.92. The van der Waals surface area contributed by atoms with E-state index < -0.39 is 0 Å². The SMILES string of the molecule is CN(C(=O)CSc1cccc2cccnc12)C(CN1CCC(O)C1)c1ccccc1. The summed E-state index contributed by atoms with van der Waals surface area (Å²) in [7, 11) is 1.88. The summed E-state index contributed by atoms with van der Waals surface area (Å²) in [6.07, 6.45) is 2.32. The second-order valence-electron chi connectivity index (χ2n) is 7.75. The fraction of sp³-hybridized carbons (Fsp3) is 0.333. The number of fused-ring (bicyclic) bond motifs is 1. The summed E-state index contributed by atoms with van der Waals surface area (Å²) in [6, 6.07) is 20.1. The Balaban J connectivity index is 1.47. The van der Waals surface area contributed by atoms with Crippen molar-refractivity contribution >= 4 is 28.6 Å². The van der Waals surface area contributed by atoms with Gasteiger partial charge in [-0.2, -0.15) is 0 Å². The monoisotopic (exact) mass is 421 g/mol. The van der Waals surface area contributed by atoms with Crippen molar-refractivity contribution in [2.24, 2.45) is 0 Å². The highest BCUT2D eigenvalue weighted by Gasteiger charge is 2.28. The smallest absolute Gasteiger partial charge is 0.233 e. The second kappa shape index (κ2) is 9.60. The Morgan fingerprint density at radius 2 is 2.00 bits per heavy atom. The number of carbonyl (C=O) groups excluding carboxylic acids is 1. The fourth-order valence-electron chi connectivity index (χ4n) is 3.96. The number of hydrogen-bond donors (Lipinski definition) is 1. The summed E-state index contributed by atoms with van der Waals surface area (Å²) in [5, 5.41) is 11.0. The van der Waals surface area contributed by atoms with Crippen LogP contribution in [0, 0.1) is 0 Å². The van der Waals surface area contributed by atoms with Crippen LogP contribution in [0.3, 0.4) is 0 Å². The summed E-state index contributed by atoms with van der Waals surface area (Å²) in [5.41, 5.74) is 2.05. The zero-order valence-corrected chi connectivity index (χ0v) is 18.0. The lowest BCUT2D eigenvalue weighted by atomic mass is 10.1. The van der Waals surface area contributed by atoms with E-state index in [1.807, 2.05) is 60.5 Å². The lowest BCUT2D eigenvalue weighted by Crippen LogP contribution is -2.39. The first-order valence-corrected chi connectivity index (χ1v) is 11.3. The number of likely N-dealkylation sites (N-methyl/N-ethyl adjacent to an activating group) is 1. The van der Waals surface area contributed by atoms with Crippen LogP contribution < -0.4 is 0 Å². The Labute approximate surface area is 181 Å². The lowest BCUT2D eigenvalue weighted by Gasteiger charge is -2.32. The zero-order valence-electron chi connectivity index (χ0n) is 17.1. The number of aliphatic hydroxyl groups excluding tert-OH is 1. The van der Waals surface area contributed by atoms with E-state index in [9.17, 15) is 9.90 Å². The van der Waals surface area contributed by atoms with Crippen LogP contribution in [0.25, 0.3) is 10.9 Å². The van der Waals surface area contributed by atoms with Crippen molar-refractivity contribution in [1.29, 1.82) is 0 Å². The highest BCUT2D eigenvalue weighted by atomic mass is 32.2. The van der Waals surface area contributed by atoms with Crippen LogP contribution >= 0.6 is 11.8 Å². The van der Waals surface area contributed by atoms with Crippen molar-refractivity contribution in [2.45, 2.75) is 23.5 Å². The molecule has 1 fully saturated rings. The lowest BCUT2D eigenvalue weighted by molar-refractivity contribution is -0.129. The van der Waals surface area contributed by atoms with Crippen molar-refractivity contribution in [2.75, 3.05) is 32.4 Å². The van der Waals surface area contributed by atoms with Crippen molar-refractivity contribution in [3.05, 3.63) is 72.4 Å². The third-order valence-electron chi connectivity index (χ3n) is 5.67. The van der Waals surface area contributed by atoms with Gasteiger partial charge in [-0.1, -0.05) is 48.5 Å². The van der Waals surface area contributed by atoms with Gasteiger partial charge < -0.3 is 10.0 Å². The van der Waals surface area contributed by atoms with Crippen LogP contribution in [0.4, 0.5) is 0 Å². The first-order chi connectivity index (χ1) is 14.6. The van der Waals surface area contributed by atoms with Crippen molar-refractivity contribution < 1.29 is 9.90 Å². The molecule has 0 bridgehead atoms. The van der Waals surface area contributed by atoms with Gasteiger partial charge in [0.2, 0.25) is 5.91 Å². The van der Waals surface area contributed by atoms with E-state index in [2.05, 4.69) is 22.0 Å². The number of nitrogens with zero attached hydrogens (tertiary/aromatic N) is 3. The largest absolute Gasteiger partial charge is 0.392 e. The van der Waals surface area contributed by atoms with E-state index in [1.165, 1.54) is 11.8 Å². The summed E-state index contributed by atoms with van der Waals surface area (Å²) in [5.74, 6) is 0.444. The molecule has 6 heteroatoms. The van der Waals surface area contributed by atoms with Crippen molar-refractivity contribution in [3.8, 4) is 0 Å². The topological polar surface area (TPSA) is 56.7 Å². The van der Waals surface area contributed by atoms with E-state index >= 15 is 0 Å². The number of likely N-dealkylation sites (tertiary alicyclic amines) is 1. The van der Waals surface area contributed by atoms with Crippen molar-refractivity contribution in [3.63, 3.8) is 0 Å². The van der Waals surface area contributed by atoms with E-state index in [-0.39, 0.29) is 18.1 Å². The Morgan fingerprint density at radius 1 is 1.20 bits per heavy atom. The van der Waals surface area contributed by atoms with Gasteiger partial charge in [-0.05, 0) is 24.1 Å². The molecule has 1 amide bonds. The Bertz CT molecular complexity index is 993. The molecule has 2 atom stereocenters. The molecule has 1 aliphatic heterocycles. The van der Waals surface area contributed by atoms with Crippen LogP contribution in [0.1, 0.15) is 18.0 Å². The van der Waals surface area contributed by atoms with Gasteiger partial charge in [-0.15, -0.1) is 11.8 Å². The summed E-state index contributed by atoms with van der Waals surface area (Å²) in [6.45, 7) is 2.26. The molecule has 4 rings (SSSR count). The van der Waals surface area contributed by atoms with Crippen molar-refractivity contribution in [1.82, 2.24) is 14.8 Å². The Morgan fingerprint density at radius 3 is 2.77 bits per heavy atom. The number of para-hydroxylation sites is 1. The Kier molecular flexibility index (Phi) is 6.67. The minimum atomic E-state index is -0.267. The first kappa shape index (κ1) is 20.8. The standard InChI is InChI=1S/C24H27N3O2S/c1-26(21(18-7-3-2-4-8-18)16-27-14-12-20(28)15-27)23(29)17-30-22-11-5-9-19-10-6-13-25-24(19)22/h2-11,13,20-21,28H,12,14-17H2,1H3. The molecule has 5 nitrogen and oxygen atoms in total. The average Bonchev–Trinajstić information content (AvgIpc) is 3.20. The normalized spacial score (nSPS) is 17.9. The molecule has 0 spiro atoms. The number of aliphatic hydroxyl groups is 1. The first-order valence-electron chi connectivity index (χ1n) is 10.3. The van der Waals surface area contributed by atoms with Gasteiger partial charge >= 0.3 is 0 Å². The van der Waals surface area contributed by atoms with Crippen LogP contribution in [-0.2, 0) is 4.79 Å². The van der Waals surface area contributed by atoms with Gasteiger partial charge in [0.1, 0.15) is 0 Å². The molecule has 2 unspecified atom stereocenters. The molecular formula is C24H27N3O2S. The molecule has 3 aromatic rings. The molecule has 0 radical (unpaired) electrons. The average molecular weight is 422 g/mol. The number of benzene rings is 2. The van der Waals surface area contributed by atoms with E-state index in [0.29, 0.717) is 12.3 Å². The van der Waals surface area contributed by atoms with E-state index in [4.69, 9.17) is 0 Å². The maximum atomic E-state index is 13.1.